The zero-order valence-corrected chi connectivity index (χ0v) is 12.0. The number of hydrogen-bond acceptors (Lipinski definition) is 1. The van der Waals surface area contributed by atoms with Gasteiger partial charge in [-0.3, -0.25) is 0 Å². The summed E-state index contributed by atoms with van der Waals surface area (Å²) in [5.74, 6) is 2.26. The average molecular weight is 299 g/mol. The summed E-state index contributed by atoms with van der Waals surface area (Å²) in [5.41, 5.74) is 2.62. The minimum atomic E-state index is -1.66. The van der Waals surface area contributed by atoms with E-state index in [1.54, 1.807) is 0 Å². The van der Waals surface area contributed by atoms with Crippen LogP contribution in [0.1, 0.15) is 13.8 Å². The highest BCUT2D eigenvalue weighted by Crippen LogP contribution is 2.63. The monoisotopic (exact) mass is 298 g/mol. The second kappa shape index (κ2) is 4.01. The highest BCUT2D eigenvalue weighted by atomic mass is 79.9. The lowest BCUT2D eigenvalue weighted by atomic mass is 10.2. The molecule has 15 heavy (non-hydrogen) atoms. The first-order valence-electron chi connectivity index (χ1n) is 4.78. The number of halogens is 1. The Morgan fingerprint density at radius 3 is 2.20 bits per heavy atom. The van der Waals surface area contributed by atoms with Crippen molar-refractivity contribution in [3.8, 4) is 0 Å². The Bertz CT molecular complexity index is 500. The summed E-state index contributed by atoms with van der Waals surface area (Å²) in [4.78, 5) is 0. The lowest BCUT2D eigenvalue weighted by molar-refractivity contribution is 1.38. The Balaban J connectivity index is 2.62. The second-order valence-electron chi connectivity index (χ2n) is 3.72. The van der Waals surface area contributed by atoms with Gasteiger partial charge >= 0.3 is 0 Å². The third kappa shape index (κ3) is 1.80. The number of benzene rings is 1. The molecule has 0 spiro atoms. The van der Waals surface area contributed by atoms with Crippen molar-refractivity contribution in [1.82, 2.24) is 0 Å². The molecule has 0 aromatic heterocycles. The zero-order chi connectivity index (χ0) is 11.1. The van der Waals surface area contributed by atoms with E-state index < -0.39 is 6.04 Å². The molecule has 0 radical (unpaired) electrons. The van der Waals surface area contributed by atoms with E-state index in [1.807, 2.05) is 6.07 Å². The molecule has 2 rings (SSSR count). The van der Waals surface area contributed by atoms with E-state index in [0.29, 0.717) is 0 Å². The van der Waals surface area contributed by atoms with E-state index >= 15 is 0 Å². The van der Waals surface area contributed by atoms with Crippen molar-refractivity contribution in [1.29, 1.82) is 0 Å². The Hall–Kier alpha value is -0.170. The van der Waals surface area contributed by atoms with Crippen molar-refractivity contribution >= 4 is 39.1 Å². The molecule has 0 amide bonds. The van der Waals surface area contributed by atoms with Crippen LogP contribution in [0.4, 0.5) is 0 Å². The molecule has 1 atom stereocenters. The Kier molecular flexibility index (Phi) is 3.03. The zero-order valence-electron chi connectivity index (χ0n) is 8.70. The molecule has 0 aliphatic carbocycles. The summed E-state index contributed by atoms with van der Waals surface area (Å²) >= 11 is 9.52. The van der Waals surface area contributed by atoms with Crippen molar-refractivity contribution < 1.29 is 0 Å². The first-order chi connectivity index (χ1) is 7.05. The van der Waals surface area contributed by atoms with Gasteiger partial charge in [-0.15, -0.1) is 0 Å². The predicted octanol–water partition coefficient (Wildman–Crippen LogP) is 4.34. The van der Waals surface area contributed by atoms with Crippen LogP contribution in [0.5, 0.6) is 0 Å². The lowest BCUT2D eigenvalue weighted by Gasteiger charge is -2.15. The van der Waals surface area contributed by atoms with Gasteiger partial charge in [0.1, 0.15) is 0 Å². The molecule has 0 saturated heterocycles. The van der Waals surface area contributed by atoms with Gasteiger partial charge in [-0.2, -0.15) is 0 Å². The number of allylic oxidation sites excluding steroid dienone is 2. The number of hydrogen-bond donors (Lipinski definition) is 0. The molecule has 1 aromatic rings. The fraction of sp³-hybridized carbons (Fsp3) is 0.167. The van der Waals surface area contributed by atoms with Gasteiger partial charge in [-0.05, 0) is 52.0 Å². The maximum Gasteiger partial charge on any atom is 0.0394 e. The quantitative estimate of drug-likeness (QED) is 0.695. The molecule has 1 aromatic carbocycles. The summed E-state index contributed by atoms with van der Waals surface area (Å²) in [7, 11) is 0. The van der Waals surface area contributed by atoms with Crippen molar-refractivity contribution in [2.24, 2.45) is 0 Å². The van der Waals surface area contributed by atoms with E-state index in [0.717, 1.165) is 0 Å². The molecular formula is C12H12BrPS. The van der Waals surface area contributed by atoms with Gasteiger partial charge in [0.15, 0.2) is 0 Å². The van der Waals surface area contributed by atoms with E-state index in [1.165, 1.54) is 20.7 Å². The third-order valence-corrected chi connectivity index (χ3v) is 9.92. The van der Waals surface area contributed by atoms with Crippen LogP contribution in [0.2, 0.25) is 0 Å². The van der Waals surface area contributed by atoms with Crippen LogP contribution in [0.3, 0.4) is 0 Å². The molecule has 1 aliphatic rings. The summed E-state index contributed by atoms with van der Waals surface area (Å²) in [6.07, 6.45) is 0. The van der Waals surface area contributed by atoms with Gasteiger partial charge in [-0.25, -0.2) is 0 Å². The van der Waals surface area contributed by atoms with E-state index in [2.05, 4.69) is 59.9 Å². The van der Waals surface area contributed by atoms with Crippen molar-refractivity contribution in [2.45, 2.75) is 13.8 Å². The van der Waals surface area contributed by atoms with Gasteiger partial charge in [-0.1, -0.05) is 42.1 Å². The third-order valence-electron chi connectivity index (χ3n) is 2.71. The highest BCUT2D eigenvalue weighted by molar-refractivity contribution is 9.13. The topological polar surface area (TPSA) is 0 Å². The largest absolute Gasteiger partial charge is 0.0827 e. The van der Waals surface area contributed by atoms with Crippen LogP contribution >= 0.6 is 22.0 Å². The molecule has 1 heterocycles. The van der Waals surface area contributed by atoms with Gasteiger partial charge in [0.05, 0.1) is 0 Å². The lowest BCUT2D eigenvalue weighted by Crippen LogP contribution is -2.00. The van der Waals surface area contributed by atoms with E-state index in [4.69, 9.17) is 11.8 Å². The van der Waals surface area contributed by atoms with Crippen molar-refractivity contribution in [2.75, 3.05) is 0 Å². The Morgan fingerprint density at radius 2 is 1.73 bits per heavy atom. The molecule has 0 nitrogen and oxygen atoms in total. The first kappa shape index (κ1) is 11.3. The Morgan fingerprint density at radius 1 is 1.13 bits per heavy atom. The highest BCUT2D eigenvalue weighted by Gasteiger charge is 2.27. The SMILES string of the molecule is CC1=C[P@@](=S)(c2ccccc2)C(Br)=C1C. The fourth-order valence-electron chi connectivity index (χ4n) is 1.68. The molecule has 78 valence electrons. The molecule has 0 saturated carbocycles. The minimum absolute atomic E-state index is 1.22. The number of rotatable bonds is 1. The van der Waals surface area contributed by atoms with Crippen molar-refractivity contribution in [3.63, 3.8) is 0 Å². The second-order valence-corrected chi connectivity index (χ2v) is 9.39. The maximum absolute atomic E-state index is 5.84. The van der Waals surface area contributed by atoms with Gasteiger partial charge in [0, 0.05) is 10.3 Å². The van der Waals surface area contributed by atoms with Crippen LogP contribution in [-0.4, -0.2) is 0 Å². The van der Waals surface area contributed by atoms with Gasteiger partial charge in [0.2, 0.25) is 0 Å². The summed E-state index contributed by atoms with van der Waals surface area (Å²) in [6, 6.07) is 8.74. The summed E-state index contributed by atoms with van der Waals surface area (Å²) in [5, 5.41) is 1.27. The standard InChI is InChI=1S/C12H12BrPS/c1-9-8-14(15,12(13)10(9)2)11-6-4-3-5-7-11/h3-8H,1-2H3/t14-/m1/s1. The molecule has 3 heteroatoms. The van der Waals surface area contributed by atoms with E-state index in [-0.39, 0.29) is 0 Å². The van der Waals surface area contributed by atoms with Crippen LogP contribution in [-0.2, 0) is 11.8 Å². The summed E-state index contributed by atoms with van der Waals surface area (Å²) < 4.78 is 1.22. The fourth-order valence-corrected chi connectivity index (χ4v) is 6.68. The molecule has 0 N–H and O–H groups in total. The van der Waals surface area contributed by atoms with Crippen LogP contribution in [0.15, 0.2) is 51.5 Å². The van der Waals surface area contributed by atoms with E-state index in [9.17, 15) is 0 Å². The first-order valence-corrected chi connectivity index (χ1v) is 8.44. The van der Waals surface area contributed by atoms with Crippen LogP contribution in [0, 0.1) is 0 Å². The molecular weight excluding hydrogens is 287 g/mol. The normalized spacial score (nSPS) is 25.7. The molecule has 1 aliphatic heterocycles. The van der Waals surface area contributed by atoms with Gasteiger partial charge in [0.25, 0.3) is 0 Å². The van der Waals surface area contributed by atoms with Crippen LogP contribution < -0.4 is 5.30 Å². The molecule has 0 unspecified atom stereocenters. The predicted molar refractivity (Wildman–Crippen MR) is 75.7 cm³/mol. The maximum atomic E-state index is 5.84. The van der Waals surface area contributed by atoms with Crippen molar-refractivity contribution in [3.05, 3.63) is 51.5 Å². The smallest absolute Gasteiger partial charge is 0.0394 e. The van der Waals surface area contributed by atoms with Gasteiger partial charge < -0.3 is 0 Å². The minimum Gasteiger partial charge on any atom is -0.0827 e. The average Bonchev–Trinajstić information content (AvgIpc) is 2.45. The molecule has 0 bridgehead atoms. The molecule has 0 fully saturated rings. The van der Waals surface area contributed by atoms with Crippen LogP contribution in [0.25, 0.3) is 0 Å². The Labute approximate surface area is 104 Å². The summed E-state index contributed by atoms with van der Waals surface area (Å²) in [6.45, 7) is 4.26.